The maximum Gasteiger partial charge on any atom is 0.220 e. The molecule has 2 heterocycles. The number of amides is 1. The minimum atomic E-state index is -1.79. The van der Waals surface area contributed by atoms with Gasteiger partial charge in [-0.15, -0.1) is 0 Å². The highest BCUT2D eigenvalue weighted by Crippen LogP contribution is 2.30. The van der Waals surface area contributed by atoms with Gasteiger partial charge in [-0.1, -0.05) is 311 Å². The molecule has 9 N–H and O–H groups in total. The molecule has 90 heavy (non-hydrogen) atoms. The third-order valence-electron chi connectivity index (χ3n) is 17.9. The summed E-state index contributed by atoms with van der Waals surface area (Å²) < 4.78 is 22.9. The molecule has 14 heteroatoms. The van der Waals surface area contributed by atoms with E-state index in [-0.39, 0.29) is 18.9 Å². The molecule has 12 unspecified atom stereocenters. The summed E-state index contributed by atoms with van der Waals surface area (Å²) in [6.07, 6.45) is 65.3. The number of aliphatic hydroxyl groups is 8. The Hall–Kier alpha value is -2.57. The molecule has 2 aliphatic heterocycles. The van der Waals surface area contributed by atoms with Gasteiger partial charge in [-0.05, 0) is 64.2 Å². The van der Waals surface area contributed by atoms with E-state index >= 15 is 0 Å². The lowest BCUT2D eigenvalue weighted by atomic mass is 9.97. The molecule has 1 amide bonds. The summed E-state index contributed by atoms with van der Waals surface area (Å²) in [4.78, 5) is 13.4. The summed E-state index contributed by atoms with van der Waals surface area (Å²) in [6, 6.07) is -0.918. The summed E-state index contributed by atoms with van der Waals surface area (Å²) in [5.41, 5.74) is 0. The van der Waals surface area contributed by atoms with E-state index in [1.165, 1.54) is 212 Å². The summed E-state index contributed by atoms with van der Waals surface area (Å²) in [5, 5.41) is 87.6. The molecule has 0 spiro atoms. The largest absolute Gasteiger partial charge is 0.394 e. The van der Waals surface area contributed by atoms with Crippen molar-refractivity contribution in [3.8, 4) is 0 Å². The molecule has 0 radical (unpaired) electrons. The van der Waals surface area contributed by atoms with Crippen LogP contribution in [0.15, 0.2) is 72.9 Å². The van der Waals surface area contributed by atoms with Gasteiger partial charge in [-0.25, -0.2) is 0 Å². The van der Waals surface area contributed by atoms with Crippen molar-refractivity contribution in [1.82, 2.24) is 5.32 Å². The van der Waals surface area contributed by atoms with Crippen molar-refractivity contribution in [1.29, 1.82) is 0 Å². The maximum absolute atomic E-state index is 13.4. The number of allylic oxidation sites excluding steroid dienone is 11. The Bertz CT molecular complexity index is 1790. The molecule has 12 atom stereocenters. The highest BCUT2D eigenvalue weighted by molar-refractivity contribution is 5.76. The van der Waals surface area contributed by atoms with Crippen LogP contribution in [0.5, 0.6) is 0 Å². The van der Waals surface area contributed by atoms with Gasteiger partial charge in [0.1, 0.15) is 48.8 Å². The Morgan fingerprint density at radius 1 is 0.411 bits per heavy atom. The first-order chi connectivity index (χ1) is 44.1. The van der Waals surface area contributed by atoms with Crippen molar-refractivity contribution >= 4 is 5.91 Å². The van der Waals surface area contributed by atoms with Gasteiger partial charge in [0.15, 0.2) is 12.6 Å². The zero-order chi connectivity index (χ0) is 65.2. The first kappa shape index (κ1) is 83.5. The van der Waals surface area contributed by atoms with Crippen LogP contribution in [0.2, 0.25) is 0 Å². The van der Waals surface area contributed by atoms with Crippen LogP contribution in [0, 0.1) is 0 Å². The second kappa shape index (κ2) is 60.1. The Morgan fingerprint density at radius 2 is 0.767 bits per heavy atom. The van der Waals surface area contributed by atoms with Gasteiger partial charge in [0.25, 0.3) is 0 Å². The van der Waals surface area contributed by atoms with Crippen LogP contribution < -0.4 is 5.32 Å². The molecule has 0 aromatic heterocycles. The van der Waals surface area contributed by atoms with Crippen molar-refractivity contribution in [3.63, 3.8) is 0 Å². The number of ether oxygens (including phenoxy) is 4. The molecule has 0 aromatic rings. The molecule has 2 fully saturated rings. The Labute approximate surface area is 548 Å². The predicted octanol–water partition coefficient (Wildman–Crippen LogP) is 15.8. The van der Waals surface area contributed by atoms with Gasteiger partial charge in [0, 0.05) is 6.42 Å². The van der Waals surface area contributed by atoms with E-state index in [0.717, 1.165) is 70.6 Å². The van der Waals surface area contributed by atoms with Crippen LogP contribution in [0.3, 0.4) is 0 Å². The second-order valence-electron chi connectivity index (χ2n) is 26.0. The summed E-state index contributed by atoms with van der Waals surface area (Å²) in [5.74, 6) is -0.236. The molecule has 0 bridgehead atoms. The van der Waals surface area contributed by atoms with E-state index in [9.17, 15) is 45.6 Å². The van der Waals surface area contributed by atoms with Crippen molar-refractivity contribution in [3.05, 3.63) is 72.9 Å². The average molecular weight is 1270 g/mol. The van der Waals surface area contributed by atoms with Crippen LogP contribution in [0.4, 0.5) is 0 Å². The fourth-order valence-electron chi connectivity index (χ4n) is 12.0. The molecule has 2 rings (SSSR count). The minimum Gasteiger partial charge on any atom is -0.394 e. The SMILES string of the molecule is CC/C=C\C/C=C\C/C=C\C/C=C\C/C=C\CCCCCCCCCCCCCCCCCCCC(=O)NC(COC1OC(CO)C(OC2OC(CO)C(O)C(O)C2O)C(O)C1O)C(O)/C=C/CCCCCCCCCCCCCCCCCCCCCCC. The van der Waals surface area contributed by atoms with Gasteiger partial charge >= 0.3 is 0 Å². The third kappa shape index (κ3) is 43.4. The molecular formula is C76H137NO13. The van der Waals surface area contributed by atoms with Gasteiger partial charge in [-0.3, -0.25) is 4.79 Å². The number of hydrogen-bond acceptors (Lipinski definition) is 13. The van der Waals surface area contributed by atoms with E-state index in [1.807, 2.05) is 6.08 Å². The standard InChI is InChI=1S/C76H137NO13/c1-3-5-7-9-11-13-15-17-19-21-23-25-27-28-29-30-31-32-33-34-35-36-38-40-42-44-46-48-50-52-54-56-58-60-68(81)77-64(63-87-75-73(86)71(84)74(67(62-79)89-75)90-76-72(85)70(83)69(82)66(61-78)88-76)65(80)59-57-55-53-51-49-47-45-43-41-39-37-26-24-22-20-18-16-14-12-10-8-6-4-2/h5,7,11,13,17,19,23,25,28-29,57,59,64-67,69-76,78-80,82-86H,3-4,6,8-10,12,14-16,18,20-22,24,26-27,30-56,58,60-63H2,1-2H3,(H,77,81)/b7-5-,13-11-,19-17-,25-23-,29-28-,59-57+. The smallest absolute Gasteiger partial charge is 0.220 e. The van der Waals surface area contributed by atoms with Crippen molar-refractivity contribution in [2.45, 2.75) is 383 Å². The normalized spacial score (nSPS) is 23.3. The minimum absolute atomic E-state index is 0.236. The molecule has 2 aliphatic rings. The molecule has 0 saturated carbocycles. The number of rotatable bonds is 61. The monoisotopic (exact) mass is 1270 g/mol. The molecule has 524 valence electrons. The lowest BCUT2D eigenvalue weighted by Gasteiger charge is -2.46. The highest BCUT2D eigenvalue weighted by Gasteiger charge is 2.51. The van der Waals surface area contributed by atoms with Crippen LogP contribution in [-0.4, -0.2) is 140 Å². The van der Waals surface area contributed by atoms with Crippen LogP contribution in [0.25, 0.3) is 0 Å². The molecule has 0 aliphatic carbocycles. The Morgan fingerprint density at radius 3 is 1.18 bits per heavy atom. The average Bonchev–Trinajstić information content (AvgIpc) is 1.41. The van der Waals surface area contributed by atoms with Crippen molar-refractivity contribution in [2.75, 3.05) is 19.8 Å². The Balaban J connectivity index is 1.64. The predicted molar refractivity (Wildman–Crippen MR) is 369 cm³/mol. The maximum atomic E-state index is 13.4. The van der Waals surface area contributed by atoms with E-state index in [0.29, 0.717) is 6.42 Å². The van der Waals surface area contributed by atoms with Crippen LogP contribution in [-0.2, 0) is 23.7 Å². The number of unbranched alkanes of at least 4 members (excludes halogenated alkanes) is 38. The van der Waals surface area contributed by atoms with Crippen molar-refractivity contribution < 1.29 is 64.6 Å². The van der Waals surface area contributed by atoms with Gasteiger partial charge in [-0.2, -0.15) is 0 Å². The Kier molecular flexibility index (Phi) is 55.8. The van der Waals surface area contributed by atoms with Crippen LogP contribution in [0.1, 0.15) is 309 Å². The topological polar surface area (TPSA) is 228 Å². The van der Waals surface area contributed by atoms with E-state index in [1.54, 1.807) is 6.08 Å². The van der Waals surface area contributed by atoms with Gasteiger partial charge in [0.05, 0.1) is 32.0 Å². The van der Waals surface area contributed by atoms with Crippen LogP contribution >= 0.6 is 0 Å². The molecule has 2 saturated heterocycles. The van der Waals surface area contributed by atoms with E-state index in [4.69, 9.17) is 18.9 Å². The number of nitrogens with one attached hydrogen (secondary N) is 1. The zero-order valence-electron chi connectivity index (χ0n) is 57.1. The lowest BCUT2D eigenvalue weighted by molar-refractivity contribution is -0.359. The first-order valence-electron chi connectivity index (χ1n) is 37.2. The fourth-order valence-corrected chi connectivity index (χ4v) is 12.0. The summed E-state index contributed by atoms with van der Waals surface area (Å²) in [7, 11) is 0. The number of aliphatic hydroxyl groups excluding tert-OH is 8. The fraction of sp³-hybridized carbons (Fsp3) is 0.829. The van der Waals surface area contributed by atoms with Gasteiger partial charge < -0.3 is 65.1 Å². The van der Waals surface area contributed by atoms with E-state index < -0.39 is 86.8 Å². The van der Waals surface area contributed by atoms with Crippen molar-refractivity contribution in [2.24, 2.45) is 0 Å². The summed E-state index contributed by atoms with van der Waals surface area (Å²) >= 11 is 0. The lowest BCUT2D eigenvalue weighted by Crippen LogP contribution is -2.65. The van der Waals surface area contributed by atoms with E-state index in [2.05, 4.69) is 79.9 Å². The molecular weight excluding hydrogens is 1130 g/mol. The molecule has 14 nitrogen and oxygen atoms in total. The van der Waals surface area contributed by atoms with Gasteiger partial charge in [0.2, 0.25) is 5.91 Å². The zero-order valence-corrected chi connectivity index (χ0v) is 57.1. The summed E-state index contributed by atoms with van der Waals surface area (Å²) in [6.45, 7) is 2.73. The number of hydrogen-bond donors (Lipinski definition) is 9. The second-order valence-corrected chi connectivity index (χ2v) is 26.0. The first-order valence-corrected chi connectivity index (χ1v) is 37.2. The number of carbonyl (C=O) groups is 1. The quantitative estimate of drug-likeness (QED) is 0.0204. The molecule has 0 aromatic carbocycles. The third-order valence-corrected chi connectivity index (χ3v) is 17.9. The number of carbonyl (C=O) groups excluding carboxylic acids is 1. The highest BCUT2D eigenvalue weighted by atomic mass is 16.7.